The number of hydrogen-bond donors (Lipinski definition) is 1. The van der Waals surface area contributed by atoms with Crippen molar-refractivity contribution in [2.45, 2.75) is 32.7 Å². The molecule has 2 aromatic carbocycles. The van der Waals surface area contributed by atoms with Crippen LogP contribution in [-0.2, 0) is 6.42 Å². The lowest BCUT2D eigenvalue weighted by Gasteiger charge is -2.18. The average molecular weight is 332 g/mol. The Kier molecular flexibility index (Phi) is 5.38. The first kappa shape index (κ1) is 15.3. The third kappa shape index (κ3) is 3.71. The van der Waals surface area contributed by atoms with Crippen molar-refractivity contribution in [2.75, 3.05) is 7.05 Å². The van der Waals surface area contributed by atoms with Crippen LogP contribution in [0.5, 0.6) is 0 Å². The van der Waals surface area contributed by atoms with E-state index in [2.05, 4.69) is 77.6 Å². The summed E-state index contributed by atoms with van der Waals surface area (Å²) in [5, 5.41) is 3.42. The van der Waals surface area contributed by atoms with Crippen LogP contribution < -0.4 is 5.32 Å². The summed E-state index contributed by atoms with van der Waals surface area (Å²) in [4.78, 5) is 0. The summed E-state index contributed by atoms with van der Waals surface area (Å²) in [5.41, 5.74) is 5.29. The quantitative estimate of drug-likeness (QED) is 0.811. The second-order valence-corrected chi connectivity index (χ2v) is 6.19. The van der Waals surface area contributed by atoms with Gasteiger partial charge in [-0.3, -0.25) is 0 Å². The summed E-state index contributed by atoms with van der Waals surface area (Å²) in [6.07, 6.45) is 2.35. The molecular weight excluding hydrogens is 310 g/mol. The topological polar surface area (TPSA) is 12.0 Å². The van der Waals surface area contributed by atoms with Gasteiger partial charge in [0.2, 0.25) is 0 Å². The fraction of sp³-hybridized carbons (Fsp3) is 0.333. The molecule has 0 aliphatic carbocycles. The molecule has 106 valence electrons. The minimum atomic E-state index is 0.238. The Hall–Kier alpha value is -1.12. The van der Waals surface area contributed by atoms with E-state index in [9.17, 15) is 0 Å². The Balaban J connectivity index is 2.31. The monoisotopic (exact) mass is 331 g/mol. The molecular formula is C18H22BrN. The van der Waals surface area contributed by atoms with Crippen molar-refractivity contribution in [1.82, 2.24) is 5.32 Å². The van der Waals surface area contributed by atoms with Crippen LogP contribution in [0.15, 0.2) is 46.9 Å². The van der Waals surface area contributed by atoms with Gasteiger partial charge in [0.15, 0.2) is 0 Å². The largest absolute Gasteiger partial charge is 0.309 e. The zero-order chi connectivity index (χ0) is 14.5. The van der Waals surface area contributed by atoms with E-state index in [-0.39, 0.29) is 6.04 Å². The van der Waals surface area contributed by atoms with E-state index in [1.165, 1.54) is 28.7 Å². The van der Waals surface area contributed by atoms with Gasteiger partial charge in [-0.15, -0.1) is 0 Å². The summed E-state index contributed by atoms with van der Waals surface area (Å²) in [7, 11) is 2.01. The van der Waals surface area contributed by atoms with Gasteiger partial charge in [-0.2, -0.15) is 0 Å². The minimum Gasteiger partial charge on any atom is -0.309 e. The molecule has 20 heavy (non-hydrogen) atoms. The molecule has 0 radical (unpaired) electrons. The minimum absolute atomic E-state index is 0.238. The first-order valence-electron chi connectivity index (χ1n) is 7.17. The summed E-state index contributed by atoms with van der Waals surface area (Å²) in [6.45, 7) is 4.35. The van der Waals surface area contributed by atoms with Gasteiger partial charge in [0.25, 0.3) is 0 Å². The third-order valence-corrected chi connectivity index (χ3v) is 4.00. The lowest BCUT2D eigenvalue weighted by molar-refractivity contribution is 0.690. The normalized spacial score (nSPS) is 12.4. The van der Waals surface area contributed by atoms with Crippen LogP contribution in [0.2, 0.25) is 0 Å². The van der Waals surface area contributed by atoms with Crippen LogP contribution >= 0.6 is 15.9 Å². The molecule has 2 aromatic rings. The molecule has 0 heterocycles. The molecule has 2 heteroatoms. The second-order valence-electron chi connectivity index (χ2n) is 5.28. The zero-order valence-electron chi connectivity index (χ0n) is 12.4. The number of halogens is 1. The summed E-state index contributed by atoms with van der Waals surface area (Å²) in [5.74, 6) is 0. The summed E-state index contributed by atoms with van der Waals surface area (Å²) in [6, 6.07) is 15.8. The smallest absolute Gasteiger partial charge is 0.0574 e. The summed E-state index contributed by atoms with van der Waals surface area (Å²) >= 11 is 3.59. The Morgan fingerprint density at radius 3 is 2.30 bits per heavy atom. The van der Waals surface area contributed by atoms with Crippen molar-refractivity contribution in [3.8, 4) is 0 Å². The third-order valence-electron chi connectivity index (χ3n) is 3.54. The molecule has 0 amide bonds. The van der Waals surface area contributed by atoms with Crippen molar-refractivity contribution < 1.29 is 0 Å². The molecule has 0 spiro atoms. The highest BCUT2D eigenvalue weighted by Crippen LogP contribution is 2.26. The van der Waals surface area contributed by atoms with Gasteiger partial charge < -0.3 is 5.32 Å². The molecule has 0 saturated heterocycles. The van der Waals surface area contributed by atoms with Crippen molar-refractivity contribution in [3.63, 3.8) is 0 Å². The van der Waals surface area contributed by atoms with E-state index in [4.69, 9.17) is 0 Å². The standard InChI is InChI=1S/C18H22BrN/c1-4-5-14-6-8-15(9-7-14)18(20-3)16-10-13(2)11-17(19)12-16/h6-12,18,20H,4-5H2,1-3H3. The van der Waals surface area contributed by atoms with E-state index < -0.39 is 0 Å². The Morgan fingerprint density at radius 2 is 1.75 bits per heavy atom. The van der Waals surface area contributed by atoms with E-state index in [1.54, 1.807) is 0 Å². The van der Waals surface area contributed by atoms with Crippen LogP contribution in [0.3, 0.4) is 0 Å². The van der Waals surface area contributed by atoms with Gasteiger partial charge in [-0.25, -0.2) is 0 Å². The second kappa shape index (κ2) is 7.05. The van der Waals surface area contributed by atoms with Crippen molar-refractivity contribution in [3.05, 3.63) is 69.2 Å². The summed E-state index contributed by atoms with van der Waals surface area (Å²) < 4.78 is 1.13. The molecule has 1 nitrogen and oxygen atoms in total. The number of benzene rings is 2. The number of nitrogens with one attached hydrogen (secondary N) is 1. The lowest BCUT2D eigenvalue weighted by Crippen LogP contribution is -2.17. The predicted molar refractivity (Wildman–Crippen MR) is 90.2 cm³/mol. The van der Waals surface area contributed by atoms with Crippen LogP contribution in [0.4, 0.5) is 0 Å². The average Bonchev–Trinajstić information content (AvgIpc) is 2.41. The van der Waals surface area contributed by atoms with Crippen LogP contribution in [-0.4, -0.2) is 7.05 Å². The molecule has 0 saturated carbocycles. The lowest BCUT2D eigenvalue weighted by atomic mass is 9.96. The Labute approximate surface area is 130 Å². The number of hydrogen-bond acceptors (Lipinski definition) is 1. The highest BCUT2D eigenvalue weighted by atomic mass is 79.9. The molecule has 0 bridgehead atoms. The van der Waals surface area contributed by atoms with Gasteiger partial charge in [0.05, 0.1) is 6.04 Å². The van der Waals surface area contributed by atoms with Crippen LogP contribution in [0, 0.1) is 6.92 Å². The molecule has 1 unspecified atom stereocenters. The molecule has 0 aliphatic rings. The van der Waals surface area contributed by atoms with Gasteiger partial charge in [0, 0.05) is 4.47 Å². The molecule has 1 N–H and O–H groups in total. The molecule has 0 aromatic heterocycles. The maximum atomic E-state index is 3.59. The fourth-order valence-electron chi connectivity index (χ4n) is 2.62. The van der Waals surface area contributed by atoms with Crippen molar-refractivity contribution in [1.29, 1.82) is 0 Å². The Bertz CT molecular complexity index is 540. The molecule has 2 rings (SSSR count). The van der Waals surface area contributed by atoms with Crippen molar-refractivity contribution in [2.24, 2.45) is 0 Å². The van der Waals surface area contributed by atoms with E-state index in [1.807, 2.05) is 7.05 Å². The first-order valence-corrected chi connectivity index (χ1v) is 7.96. The SMILES string of the molecule is CCCc1ccc(C(NC)c2cc(C)cc(Br)c2)cc1. The first-order chi connectivity index (χ1) is 9.63. The molecule has 1 atom stereocenters. The highest BCUT2D eigenvalue weighted by molar-refractivity contribution is 9.10. The van der Waals surface area contributed by atoms with Gasteiger partial charge in [-0.1, -0.05) is 59.6 Å². The van der Waals surface area contributed by atoms with Gasteiger partial charge in [0.1, 0.15) is 0 Å². The van der Waals surface area contributed by atoms with E-state index >= 15 is 0 Å². The number of rotatable bonds is 5. The van der Waals surface area contributed by atoms with Crippen LogP contribution in [0.25, 0.3) is 0 Å². The highest BCUT2D eigenvalue weighted by Gasteiger charge is 2.12. The van der Waals surface area contributed by atoms with Crippen molar-refractivity contribution >= 4 is 15.9 Å². The fourth-order valence-corrected chi connectivity index (χ4v) is 3.25. The van der Waals surface area contributed by atoms with Gasteiger partial charge >= 0.3 is 0 Å². The molecule has 0 fully saturated rings. The number of aryl methyl sites for hydroxylation is 2. The zero-order valence-corrected chi connectivity index (χ0v) is 14.0. The van der Waals surface area contributed by atoms with Crippen LogP contribution in [0.1, 0.15) is 41.6 Å². The Morgan fingerprint density at radius 1 is 1.05 bits per heavy atom. The maximum Gasteiger partial charge on any atom is 0.0574 e. The predicted octanol–water partition coefficient (Wildman–Crippen LogP) is 5.02. The maximum absolute atomic E-state index is 3.59. The van der Waals surface area contributed by atoms with Gasteiger partial charge in [-0.05, 0) is 54.8 Å². The van der Waals surface area contributed by atoms with E-state index in [0.29, 0.717) is 0 Å². The van der Waals surface area contributed by atoms with E-state index in [0.717, 1.165) is 10.9 Å². The molecule has 0 aliphatic heterocycles.